The summed E-state index contributed by atoms with van der Waals surface area (Å²) in [5.41, 5.74) is 0.783. The number of carbonyl (C=O) groups is 3. The Balaban J connectivity index is 2.23. The van der Waals surface area contributed by atoms with Crippen molar-refractivity contribution in [3.63, 3.8) is 0 Å². The first-order chi connectivity index (χ1) is 12.5. The molecule has 2 rings (SSSR count). The molecular weight excluding hydrogens is 340 g/mol. The minimum atomic E-state index is -0.514. The van der Waals surface area contributed by atoms with Crippen molar-refractivity contribution >= 4 is 24.0 Å². The van der Waals surface area contributed by atoms with E-state index in [0.717, 1.165) is 4.90 Å². The van der Waals surface area contributed by atoms with Crippen molar-refractivity contribution in [2.45, 2.75) is 6.92 Å². The number of nitrogens with one attached hydrogen (secondary N) is 1. The number of nitrogens with zero attached hydrogens (tertiary/aromatic N) is 1. The number of carbonyl (C=O) groups excluding carboxylic acids is 3. The van der Waals surface area contributed by atoms with Crippen LogP contribution in [0, 0.1) is 0 Å². The van der Waals surface area contributed by atoms with Crippen LogP contribution in [0.4, 0.5) is 4.79 Å². The van der Waals surface area contributed by atoms with Gasteiger partial charge in [0.25, 0.3) is 5.91 Å². The first kappa shape index (κ1) is 19.0. The number of urea groups is 1. The molecule has 0 bridgehead atoms. The molecule has 1 aliphatic rings. The largest absolute Gasteiger partial charge is 0.490 e. The number of rotatable bonds is 8. The molecule has 8 heteroatoms. The molecule has 0 spiro atoms. The second kappa shape index (κ2) is 8.70. The van der Waals surface area contributed by atoms with Crippen molar-refractivity contribution in [3.05, 3.63) is 42.1 Å². The molecule has 1 aromatic rings. The Bertz CT molecular complexity index is 756. The fraction of sp³-hybridized carbons (Fsp3) is 0.278. The molecule has 0 saturated carbocycles. The van der Waals surface area contributed by atoms with E-state index in [1.807, 2.05) is 6.92 Å². The maximum atomic E-state index is 12.2. The molecule has 1 aliphatic heterocycles. The maximum absolute atomic E-state index is 12.2. The first-order valence-corrected chi connectivity index (χ1v) is 7.92. The highest BCUT2D eigenvalue weighted by atomic mass is 16.6. The van der Waals surface area contributed by atoms with Crippen LogP contribution < -0.4 is 14.8 Å². The van der Waals surface area contributed by atoms with E-state index in [4.69, 9.17) is 9.47 Å². The minimum Gasteiger partial charge on any atom is -0.490 e. The van der Waals surface area contributed by atoms with Gasteiger partial charge in [0, 0.05) is 6.54 Å². The number of ether oxygens (including phenoxy) is 3. The van der Waals surface area contributed by atoms with Gasteiger partial charge in [-0.15, -0.1) is 6.58 Å². The van der Waals surface area contributed by atoms with E-state index in [1.54, 1.807) is 18.2 Å². The summed E-state index contributed by atoms with van der Waals surface area (Å²) in [4.78, 5) is 36.3. The lowest BCUT2D eigenvalue weighted by Crippen LogP contribution is -2.30. The average molecular weight is 360 g/mol. The van der Waals surface area contributed by atoms with Gasteiger partial charge in [0.2, 0.25) is 0 Å². The molecule has 0 atom stereocenters. The zero-order chi connectivity index (χ0) is 19.1. The fourth-order valence-corrected chi connectivity index (χ4v) is 2.23. The molecule has 1 N–H and O–H groups in total. The van der Waals surface area contributed by atoms with E-state index in [1.165, 1.54) is 19.3 Å². The van der Waals surface area contributed by atoms with Crippen LogP contribution in [0.1, 0.15) is 12.5 Å². The topological polar surface area (TPSA) is 94.2 Å². The van der Waals surface area contributed by atoms with Crippen molar-refractivity contribution in [1.29, 1.82) is 0 Å². The molecule has 0 aliphatic carbocycles. The Labute approximate surface area is 151 Å². The van der Waals surface area contributed by atoms with E-state index in [0.29, 0.717) is 23.7 Å². The summed E-state index contributed by atoms with van der Waals surface area (Å²) >= 11 is 0. The van der Waals surface area contributed by atoms with Crippen LogP contribution in [-0.2, 0) is 14.3 Å². The van der Waals surface area contributed by atoms with E-state index in [9.17, 15) is 14.4 Å². The summed E-state index contributed by atoms with van der Waals surface area (Å²) < 4.78 is 15.4. The number of hydrogen-bond donors (Lipinski definition) is 1. The highest BCUT2D eigenvalue weighted by Gasteiger charge is 2.32. The van der Waals surface area contributed by atoms with Gasteiger partial charge in [-0.2, -0.15) is 0 Å². The van der Waals surface area contributed by atoms with Crippen LogP contribution in [0.2, 0.25) is 0 Å². The van der Waals surface area contributed by atoms with Crippen LogP contribution >= 0.6 is 0 Å². The third kappa shape index (κ3) is 4.41. The summed E-state index contributed by atoms with van der Waals surface area (Å²) in [6, 6.07) is 4.45. The molecular formula is C18H20N2O6. The van der Waals surface area contributed by atoms with Crippen molar-refractivity contribution in [3.8, 4) is 11.5 Å². The van der Waals surface area contributed by atoms with Gasteiger partial charge in [0.05, 0.1) is 13.7 Å². The average Bonchev–Trinajstić information content (AvgIpc) is 2.89. The fourth-order valence-electron chi connectivity index (χ4n) is 2.23. The SMILES string of the molecule is C=CCN1C(=O)N/C(=C/c2ccc(OCC(=O)OC)c(OCC)c2)C1=O. The molecule has 0 unspecified atom stereocenters. The molecule has 138 valence electrons. The Morgan fingerprint density at radius 2 is 2.04 bits per heavy atom. The third-order valence-corrected chi connectivity index (χ3v) is 3.43. The quantitative estimate of drug-likeness (QED) is 0.328. The molecule has 1 heterocycles. The van der Waals surface area contributed by atoms with Gasteiger partial charge >= 0.3 is 12.0 Å². The maximum Gasteiger partial charge on any atom is 0.343 e. The molecule has 1 aromatic carbocycles. The summed E-state index contributed by atoms with van der Waals surface area (Å²) in [6.07, 6.45) is 3.01. The van der Waals surface area contributed by atoms with Gasteiger partial charge in [-0.25, -0.2) is 9.59 Å². The van der Waals surface area contributed by atoms with E-state index >= 15 is 0 Å². The molecule has 1 saturated heterocycles. The van der Waals surface area contributed by atoms with Gasteiger partial charge in [-0.1, -0.05) is 12.1 Å². The lowest BCUT2D eigenvalue weighted by molar-refractivity contribution is -0.142. The van der Waals surface area contributed by atoms with Crippen LogP contribution in [0.25, 0.3) is 6.08 Å². The first-order valence-electron chi connectivity index (χ1n) is 7.92. The van der Waals surface area contributed by atoms with Gasteiger partial charge < -0.3 is 19.5 Å². The molecule has 8 nitrogen and oxygen atoms in total. The normalized spacial score (nSPS) is 15.0. The standard InChI is InChI=1S/C18H20N2O6/c1-4-8-20-17(22)13(19-18(20)23)9-12-6-7-14(15(10-12)25-5-2)26-11-16(21)24-3/h4,6-7,9-10H,1,5,8,11H2,2-3H3,(H,19,23)/b13-9+. The summed E-state index contributed by atoms with van der Waals surface area (Å²) in [5.74, 6) is -0.168. The number of imide groups is 1. The molecule has 0 aromatic heterocycles. The van der Waals surface area contributed by atoms with Gasteiger partial charge in [0.15, 0.2) is 18.1 Å². The zero-order valence-electron chi connectivity index (χ0n) is 14.6. The monoisotopic (exact) mass is 360 g/mol. The molecule has 26 heavy (non-hydrogen) atoms. The predicted molar refractivity (Wildman–Crippen MR) is 93.5 cm³/mol. The Morgan fingerprint density at radius 1 is 1.27 bits per heavy atom. The van der Waals surface area contributed by atoms with Crippen LogP contribution in [0.5, 0.6) is 11.5 Å². The Hall–Kier alpha value is -3.29. The van der Waals surface area contributed by atoms with Crippen LogP contribution in [0.3, 0.4) is 0 Å². The third-order valence-electron chi connectivity index (χ3n) is 3.43. The number of benzene rings is 1. The van der Waals surface area contributed by atoms with Crippen molar-refractivity contribution < 1.29 is 28.6 Å². The van der Waals surface area contributed by atoms with Crippen LogP contribution in [-0.4, -0.2) is 49.7 Å². The number of esters is 1. The Morgan fingerprint density at radius 3 is 2.69 bits per heavy atom. The van der Waals surface area contributed by atoms with Crippen molar-refractivity contribution in [2.24, 2.45) is 0 Å². The predicted octanol–water partition coefficient (Wildman–Crippen LogP) is 1.72. The summed E-state index contributed by atoms with van der Waals surface area (Å²) in [5, 5.41) is 2.52. The number of hydrogen-bond acceptors (Lipinski definition) is 6. The number of methoxy groups -OCH3 is 1. The highest BCUT2D eigenvalue weighted by molar-refractivity contribution is 6.14. The van der Waals surface area contributed by atoms with Gasteiger partial charge in [-0.05, 0) is 30.7 Å². The second-order valence-electron chi connectivity index (χ2n) is 5.20. The summed E-state index contributed by atoms with van der Waals surface area (Å²) in [7, 11) is 1.27. The van der Waals surface area contributed by atoms with E-state index in [-0.39, 0.29) is 18.8 Å². The Kier molecular flexibility index (Phi) is 6.37. The van der Waals surface area contributed by atoms with Crippen molar-refractivity contribution in [2.75, 3.05) is 26.9 Å². The zero-order valence-corrected chi connectivity index (χ0v) is 14.6. The lowest BCUT2D eigenvalue weighted by Gasteiger charge is -2.12. The van der Waals surface area contributed by atoms with E-state index in [2.05, 4.69) is 16.6 Å². The van der Waals surface area contributed by atoms with Gasteiger partial charge in [-0.3, -0.25) is 9.69 Å². The van der Waals surface area contributed by atoms with Gasteiger partial charge in [0.1, 0.15) is 5.70 Å². The van der Waals surface area contributed by atoms with Crippen molar-refractivity contribution in [1.82, 2.24) is 10.2 Å². The second-order valence-corrected chi connectivity index (χ2v) is 5.20. The molecule has 3 amide bonds. The van der Waals surface area contributed by atoms with Crippen LogP contribution in [0.15, 0.2) is 36.6 Å². The number of amides is 3. The summed E-state index contributed by atoms with van der Waals surface area (Å²) in [6.45, 7) is 5.60. The highest BCUT2D eigenvalue weighted by Crippen LogP contribution is 2.29. The molecule has 0 radical (unpaired) electrons. The minimum absolute atomic E-state index is 0.131. The smallest absolute Gasteiger partial charge is 0.343 e. The van der Waals surface area contributed by atoms with E-state index < -0.39 is 17.9 Å². The lowest BCUT2D eigenvalue weighted by atomic mass is 10.1. The molecule has 1 fully saturated rings.